The van der Waals surface area contributed by atoms with Gasteiger partial charge in [0.2, 0.25) is 10.0 Å². The van der Waals surface area contributed by atoms with Gasteiger partial charge in [-0.05, 0) is 0 Å². The summed E-state index contributed by atoms with van der Waals surface area (Å²) >= 11 is 0. The summed E-state index contributed by atoms with van der Waals surface area (Å²) in [4.78, 5) is 0. The second kappa shape index (κ2) is 4.57. The highest BCUT2D eigenvalue weighted by atomic mass is 32.2. The second-order valence-electron chi connectivity index (χ2n) is 3.90. The largest absolute Gasteiger partial charge is 0.389 e. The molecule has 96 valence electrons. The molecule has 2 N–H and O–H groups in total. The van der Waals surface area contributed by atoms with Gasteiger partial charge in [0.1, 0.15) is 9.84 Å². The second-order valence-corrected chi connectivity index (χ2v) is 8.25. The monoisotopic (exact) mass is 273 g/mol. The smallest absolute Gasteiger partial charge is 0.215 e. The van der Waals surface area contributed by atoms with E-state index in [0.717, 1.165) is 10.6 Å². The van der Waals surface area contributed by atoms with E-state index in [1.807, 2.05) is 0 Å². The van der Waals surface area contributed by atoms with Crippen molar-refractivity contribution in [3.8, 4) is 0 Å². The van der Waals surface area contributed by atoms with Crippen molar-refractivity contribution in [3.05, 3.63) is 0 Å². The van der Waals surface area contributed by atoms with Gasteiger partial charge in [-0.15, -0.1) is 0 Å². The lowest BCUT2D eigenvalue weighted by Gasteiger charge is -2.14. The molecule has 0 amide bonds. The molecule has 2 unspecified atom stereocenters. The molecule has 0 saturated carbocycles. The number of hydrogen-bond donors (Lipinski definition) is 2. The maximum Gasteiger partial charge on any atom is 0.215 e. The Morgan fingerprint density at radius 1 is 1.06 bits per heavy atom. The first-order valence-electron chi connectivity index (χ1n) is 4.63. The van der Waals surface area contributed by atoms with E-state index in [9.17, 15) is 27.0 Å². The maximum absolute atomic E-state index is 11.6. The molecule has 0 aromatic heterocycles. The Labute approximate surface area is 94.7 Å². The molecule has 0 aliphatic carbocycles. The van der Waals surface area contributed by atoms with Crippen LogP contribution in [0.5, 0.6) is 0 Å². The summed E-state index contributed by atoms with van der Waals surface area (Å²) in [5, 5.41) is 18.4. The fourth-order valence-corrected chi connectivity index (χ4v) is 4.42. The number of sulfonamides is 1. The van der Waals surface area contributed by atoms with Crippen LogP contribution in [-0.2, 0) is 19.9 Å². The normalized spacial score (nSPS) is 28.4. The number of aliphatic hydroxyl groups is 2. The van der Waals surface area contributed by atoms with E-state index in [1.165, 1.54) is 0 Å². The quantitative estimate of drug-likeness (QED) is 0.581. The van der Waals surface area contributed by atoms with Crippen molar-refractivity contribution in [2.24, 2.45) is 0 Å². The van der Waals surface area contributed by atoms with Gasteiger partial charge >= 0.3 is 0 Å². The molecular weight excluding hydrogens is 258 g/mol. The average molecular weight is 273 g/mol. The number of sulfone groups is 1. The molecule has 1 aliphatic heterocycles. The molecule has 1 saturated heterocycles. The molecule has 1 rings (SSSR count). The molecule has 0 bridgehead atoms. The molecule has 16 heavy (non-hydrogen) atoms. The van der Waals surface area contributed by atoms with Crippen molar-refractivity contribution in [1.29, 1.82) is 0 Å². The number of aliphatic hydroxyl groups excluding tert-OH is 2. The van der Waals surface area contributed by atoms with Gasteiger partial charge < -0.3 is 10.2 Å². The summed E-state index contributed by atoms with van der Waals surface area (Å²) in [6.07, 6.45) is -1.25. The van der Waals surface area contributed by atoms with Crippen LogP contribution >= 0.6 is 0 Å². The first-order valence-corrected chi connectivity index (χ1v) is 8.30. The van der Waals surface area contributed by atoms with Crippen LogP contribution in [0.2, 0.25) is 0 Å². The molecule has 1 aliphatic rings. The average Bonchev–Trinajstić information content (AvgIpc) is 2.44. The van der Waals surface area contributed by atoms with Gasteiger partial charge in [-0.1, -0.05) is 0 Å². The minimum absolute atomic E-state index is 0.187. The highest BCUT2D eigenvalue weighted by molar-refractivity contribution is 7.93. The van der Waals surface area contributed by atoms with E-state index >= 15 is 0 Å². The van der Waals surface area contributed by atoms with Gasteiger partial charge in [-0.25, -0.2) is 16.8 Å². The lowest BCUT2D eigenvalue weighted by molar-refractivity contribution is 0.0572. The molecule has 7 nitrogen and oxygen atoms in total. The summed E-state index contributed by atoms with van der Waals surface area (Å²) in [7, 11) is -7.07. The predicted octanol–water partition coefficient (Wildman–Crippen LogP) is -2.60. The third-order valence-corrected chi connectivity index (χ3v) is 5.34. The van der Waals surface area contributed by atoms with Gasteiger partial charge in [-0.2, -0.15) is 4.31 Å². The Hall–Kier alpha value is -0.220. The molecule has 2 atom stereocenters. The number of β-amino-alcohol motifs (C(OH)–C–C–N with tert-alkyl or cyclic N) is 2. The van der Waals surface area contributed by atoms with E-state index in [1.54, 1.807) is 0 Å². The van der Waals surface area contributed by atoms with Crippen molar-refractivity contribution < 1.29 is 27.0 Å². The number of nitrogens with zero attached hydrogens (tertiary/aromatic N) is 1. The Morgan fingerprint density at radius 2 is 1.50 bits per heavy atom. The summed E-state index contributed by atoms with van der Waals surface area (Å²) in [5.41, 5.74) is 0. The molecule has 1 fully saturated rings. The minimum Gasteiger partial charge on any atom is -0.389 e. The summed E-state index contributed by atoms with van der Waals surface area (Å²) in [6, 6.07) is 0. The Morgan fingerprint density at radius 3 is 1.88 bits per heavy atom. The van der Waals surface area contributed by atoms with Crippen LogP contribution in [0, 0.1) is 0 Å². The van der Waals surface area contributed by atoms with Crippen LogP contribution < -0.4 is 0 Å². The summed E-state index contributed by atoms with van der Waals surface area (Å²) in [6.45, 7) is -0.374. The van der Waals surface area contributed by atoms with E-state index in [4.69, 9.17) is 0 Å². The molecule has 0 aromatic rings. The third-order valence-electron chi connectivity index (χ3n) is 2.33. The van der Waals surface area contributed by atoms with E-state index in [2.05, 4.69) is 0 Å². The van der Waals surface area contributed by atoms with Crippen LogP contribution in [0.3, 0.4) is 0 Å². The van der Waals surface area contributed by atoms with E-state index < -0.39 is 43.6 Å². The lowest BCUT2D eigenvalue weighted by Crippen LogP contribution is -2.34. The Kier molecular flexibility index (Phi) is 3.95. The Balaban J connectivity index is 2.66. The fraction of sp³-hybridized carbons (Fsp3) is 1.00. The van der Waals surface area contributed by atoms with Crippen LogP contribution in [-0.4, -0.2) is 74.4 Å². The zero-order chi connectivity index (χ0) is 12.6. The van der Waals surface area contributed by atoms with Gasteiger partial charge in [0.15, 0.2) is 0 Å². The van der Waals surface area contributed by atoms with Crippen LogP contribution in [0.15, 0.2) is 0 Å². The molecule has 0 radical (unpaired) electrons. The summed E-state index contributed by atoms with van der Waals surface area (Å²) in [5.74, 6) is -0.983. The van der Waals surface area contributed by atoms with Crippen molar-refractivity contribution in [2.75, 3.05) is 30.9 Å². The summed E-state index contributed by atoms with van der Waals surface area (Å²) < 4.78 is 45.8. The van der Waals surface area contributed by atoms with Gasteiger partial charge in [0, 0.05) is 19.3 Å². The molecular formula is C7H15NO6S2. The zero-order valence-electron chi connectivity index (χ0n) is 8.77. The number of rotatable bonds is 4. The number of hydrogen-bond acceptors (Lipinski definition) is 6. The molecule has 1 heterocycles. The topological polar surface area (TPSA) is 112 Å². The minimum atomic E-state index is -3.72. The van der Waals surface area contributed by atoms with Crippen LogP contribution in [0.25, 0.3) is 0 Å². The van der Waals surface area contributed by atoms with Crippen molar-refractivity contribution in [3.63, 3.8) is 0 Å². The molecule has 9 heteroatoms. The lowest BCUT2D eigenvalue weighted by atomic mass is 10.3. The first kappa shape index (κ1) is 13.8. The van der Waals surface area contributed by atoms with Crippen molar-refractivity contribution >= 4 is 19.9 Å². The van der Waals surface area contributed by atoms with Crippen molar-refractivity contribution in [2.45, 2.75) is 12.2 Å². The van der Waals surface area contributed by atoms with Gasteiger partial charge in [-0.3, -0.25) is 0 Å². The molecule has 0 aromatic carbocycles. The van der Waals surface area contributed by atoms with Gasteiger partial charge in [0.05, 0.1) is 23.7 Å². The fourth-order valence-electron chi connectivity index (χ4n) is 1.35. The van der Waals surface area contributed by atoms with E-state index in [-0.39, 0.29) is 13.1 Å². The SMILES string of the molecule is CS(=O)(=O)CCS(=O)(=O)N1CC(O)C(O)C1. The highest BCUT2D eigenvalue weighted by Gasteiger charge is 2.36. The first-order chi connectivity index (χ1) is 7.12. The highest BCUT2D eigenvalue weighted by Crippen LogP contribution is 2.14. The van der Waals surface area contributed by atoms with E-state index in [0.29, 0.717) is 0 Å². The van der Waals surface area contributed by atoms with Crippen LogP contribution in [0.1, 0.15) is 0 Å². The zero-order valence-corrected chi connectivity index (χ0v) is 10.4. The maximum atomic E-state index is 11.6. The predicted molar refractivity (Wildman–Crippen MR) is 57.1 cm³/mol. The van der Waals surface area contributed by atoms with Gasteiger partial charge in [0.25, 0.3) is 0 Å². The third kappa shape index (κ3) is 3.67. The van der Waals surface area contributed by atoms with Crippen LogP contribution in [0.4, 0.5) is 0 Å². The molecule has 0 spiro atoms. The Bertz CT molecular complexity index is 431. The standard InChI is InChI=1S/C7H15NO6S2/c1-15(11,12)2-3-16(13,14)8-4-6(9)7(10)5-8/h6-7,9-10H,2-5H2,1H3. The van der Waals surface area contributed by atoms with Crippen molar-refractivity contribution in [1.82, 2.24) is 4.31 Å².